The molecule has 1 heteroatoms. The van der Waals surface area contributed by atoms with Gasteiger partial charge in [-0.3, -0.25) is 0 Å². The van der Waals surface area contributed by atoms with Gasteiger partial charge in [-0.2, -0.15) is 0 Å². The minimum atomic E-state index is 0.834. The van der Waals surface area contributed by atoms with Crippen LogP contribution >= 0.6 is 0 Å². The molecule has 0 saturated heterocycles. The van der Waals surface area contributed by atoms with E-state index in [0.717, 1.165) is 30.8 Å². The second-order valence-corrected chi connectivity index (χ2v) is 4.05. The topological polar surface area (TPSA) is 12.0 Å². The van der Waals surface area contributed by atoms with Crippen LogP contribution in [0.1, 0.15) is 32.1 Å². The van der Waals surface area contributed by atoms with Gasteiger partial charge in [-0.15, -0.1) is 12.3 Å². The van der Waals surface area contributed by atoms with Crippen molar-refractivity contribution in [2.75, 3.05) is 6.54 Å². The molecule has 2 fully saturated rings. The van der Waals surface area contributed by atoms with E-state index < -0.39 is 0 Å². The largest absolute Gasteiger partial charge is 0.312 e. The van der Waals surface area contributed by atoms with Crippen molar-refractivity contribution in [3.63, 3.8) is 0 Å². The minimum Gasteiger partial charge on any atom is -0.312 e. The summed E-state index contributed by atoms with van der Waals surface area (Å²) < 4.78 is 0. The van der Waals surface area contributed by atoms with Crippen molar-refractivity contribution in [2.45, 2.75) is 38.1 Å². The molecule has 0 aromatic rings. The van der Waals surface area contributed by atoms with E-state index in [1.54, 1.807) is 0 Å². The lowest BCUT2D eigenvalue weighted by Crippen LogP contribution is -2.20. The van der Waals surface area contributed by atoms with Crippen molar-refractivity contribution in [3.05, 3.63) is 0 Å². The fourth-order valence-electron chi connectivity index (χ4n) is 2.61. The lowest BCUT2D eigenvalue weighted by atomic mass is 10.0. The monoisotopic (exact) mass is 163 g/mol. The Balaban J connectivity index is 1.68. The SMILES string of the molecule is C#CCCNC1C2CCCCC21. The van der Waals surface area contributed by atoms with Gasteiger partial charge in [0.2, 0.25) is 0 Å². The molecule has 12 heavy (non-hydrogen) atoms. The Kier molecular flexibility index (Phi) is 2.37. The summed E-state index contributed by atoms with van der Waals surface area (Å²) in [4.78, 5) is 0. The molecule has 0 spiro atoms. The minimum absolute atomic E-state index is 0.834. The summed E-state index contributed by atoms with van der Waals surface area (Å²) in [6.45, 7) is 1.02. The Morgan fingerprint density at radius 2 is 1.92 bits per heavy atom. The van der Waals surface area contributed by atoms with Crippen LogP contribution < -0.4 is 5.32 Å². The van der Waals surface area contributed by atoms with Gasteiger partial charge in [0.1, 0.15) is 0 Å². The summed E-state index contributed by atoms with van der Waals surface area (Å²) in [5, 5.41) is 3.56. The third kappa shape index (κ3) is 1.49. The molecule has 2 unspecified atom stereocenters. The number of rotatable bonds is 3. The van der Waals surface area contributed by atoms with Gasteiger partial charge < -0.3 is 5.32 Å². The van der Waals surface area contributed by atoms with Gasteiger partial charge >= 0.3 is 0 Å². The molecular weight excluding hydrogens is 146 g/mol. The van der Waals surface area contributed by atoms with Gasteiger partial charge in [0, 0.05) is 19.0 Å². The van der Waals surface area contributed by atoms with Crippen LogP contribution in [0, 0.1) is 24.2 Å². The van der Waals surface area contributed by atoms with Crippen LogP contribution in [-0.4, -0.2) is 12.6 Å². The normalized spacial score (nSPS) is 38.4. The molecule has 0 amide bonds. The fraction of sp³-hybridized carbons (Fsp3) is 0.818. The zero-order valence-electron chi connectivity index (χ0n) is 7.55. The Labute approximate surface area is 74.9 Å². The molecule has 0 aliphatic heterocycles. The molecule has 1 nitrogen and oxygen atoms in total. The van der Waals surface area contributed by atoms with E-state index in [1.807, 2.05) is 0 Å². The van der Waals surface area contributed by atoms with Gasteiger partial charge in [0.25, 0.3) is 0 Å². The molecule has 0 bridgehead atoms. The van der Waals surface area contributed by atoms with Crippen LogP contribution in [-0.2, 0) is 0 Å². The lowest BCUT2D eigenvalue weighted by Gasteiger charge is -2.04. The third-order valence-electron chi connectivity index (χ3n) is 3.31. The number of fused-ring (bicyclic) bond motifs is 1. The number of hydrogen-bond donors (Lipinski definition) is 1. The van der Waals surface area contributed by atoms with Crippen molar-refractivity contribution in [2.24, 2.45) is 11.8 Å². The molecule has 0 radical (unpaired) electrons. The van der Waals surface area contributed by atoms with E-state index in [0.29, 0.717) is 0 Å². The van der Waals surface area contributed by atoms with E-state index in [2.05, 4.69) is 11.2 Å². The summed E-state index contributed by atoms with van der Waals surface area (Å²) in [6.07, 6.45) is 11.9. The number of nitrogens with one attached hydrogen (secondary N) is 1. The average molecular weight is 163 g/mol. The van der Waals surface area contributed by atoms with Crippen molar-refractivity contribution in [1.29, 1.82) is 0 Å². The van der Waals surface area contributed by atoms with Crippen molar-refractivity contribution >= 4 is 0 Å². The molecule has 0 heterocycles. The number of hydrogen-bond acceptors (Lipinski definition) is 1. The molecule has 2 aliphatic carbocycles. The van der Waals surface area contributed by atoms with E-state index in [9.17, 15) is 0 Å². The van der Waals surface area contributed by atoms with Crippen LogP contribution in [0.15, 0.2) is 0 Å². The Morgan fingerprint density at radius 3 is 2.50 bits per heavy atom. The van der Waals surface area contributed by atoms with E-state index in [1.165, 1.54) is 25.7 Å². The zero-order chi connectivity index (χ0) is 8.39. The fourth-order valence-corrected chi connectivity index (χ4v) is 2.61. The van der Waals surface area contributed by atoms with Gasteiger partial charge in [-0.1, -0.05) is 12.8 Å². The molecular formula is C11H17N. The Hall–Kier alpha value is -0.480. The van der Waals surface area contributed by atoms with Gasteiger partial charge in [-0.05, 0) is 24.7 Å². The maximum absolute atomic E-state index is 5.19. The average Bonchev–Trinajstić information content (AvgIpc) is 2.80. The van der Waals surface area contributed by atoms with Crippen LogP contribution in [0.2, 0.25) is 0 Å². The van der Waals surface area contributed by atoms with Crippen LogP contribution in [0.25, 0.3) is 0 Å². The highest BCUT2D eigenvalue weighted by Crippen LogP contribution is 2.49. The molecule has 2 saturated carbocycles. The first-order valence-corrected chi connectivity index (χ1v) is 5.10. The van der Waals surface area contributed by atoms with E-state index in [4.69, 9.17) is 6.42 Å². The maximum atomic E-state index is 5.19. The quantitative estimate of drug-likeness (QED) is 0.494. The van der Waals surface area contributed by atoms with Crippen molar-refractivity contribution < 1.29 is 0 Å². The first-order valence-electron chi connectivity index (χ1n) is 5.10. The highest BCUT2D eigenvalue weighted by molar-refractivity contribution is 5.04. The first kappa shape index (κ1) is 8.13. The summed E-state index contributed by atoms with van der Waals surface area (Å²) in [7, 11) is 0. The summed E-state index contributed by atoms with van der Waals surface area (Å²) in [6, 6.07) is 0.834. The maximum Gasteiger partial charge on any atom is 0.0212 e. The van der Waals surface area contributed by atoms with Gasteiger partial charge in [0.05, 0.1) is 0 Å². The Morgan fingerprint density at radius 1 is 1.25 bits per heavy atom. The number of terminal acetylenes is 1. The molecule has 66 valence electrons. The molecule has 2 atom stereocenters. The predicted molar refractivity (Wildman–Crippen MR) is 50.7 cm³/mol. The van der Waals surface area contributed by atoms with Crippen LogP contribution in [0.5, 0.6) is 0 Å². The third-order valence-corrected chi connectivity index (χ3v) is 3.31. The molecule has 2 aliphatic rings. The van der Waals surface area contributed by atoms with Crippen molar-refractivity contribution in [3.8, 4) is 12.3 Å². The second-order valence-electron chi connectivity index (χ2n) is 4.05. The standard InChI is InChI=1S/C11H17N/c1-2-3-8-12-11-9-6-4-5-7-10(9)11/h1,9-12H,3-8H2. The lowest BCUT2D eigenvalue weighted by molar-refractivity contribution is 0.480. The Bertz CT molecular complexity index is 180. The van der Waals surface area contributed by atoms with Gasteiger partial charge in [0.15, 0.2) is 0 Å². The summed E-state index contributed by atoms with van der Waals surface area (Å²) >= 11 is 0. The smallest absolute Gasteiger partial charge is 0.0212 e. The van der Waals surface area contributed by atoms with Crippen LogP contribution in [0.4, 0.5) is 0 Å². The van der Waals surface area contributed by atoms with E-state index >= 15 is 0 Å². The summed E-state index contributed by atoms with van der Waals surface area (Å²) in [5.74, 6) is 4.69. The predicted octanol–water partition coefficient (Wildman–Crippen LogP) is 1.79. The van der Waals surface area contributed by atoms with Gasteiger partial charge in [-0.25, -0.2) is 0 Å². The van der Waals surface area contributed by atoms with Crippen LogP contribution in [0.3, 0.4) is 0 Å². The van der Waals surface area contributed by atoms with Crippen molar-refractivity contribution in [1.82, 2.24) is 5.32 Å². The molecule has 2 rings (SSSR count). The molecule has 0 aromatic carbocycles. The second kappa shape index (κ2) is 3.49. The van der Waals surface area contributed by atoms with E-state index in [-0.39, 0.29) is 0 Å². The molecule has 0 aromatic heterocycles. The highest BCUT2D eigenvalue weighted by Gasteiger charge is 2.49. The molecule has 1 N–H and O–H groups in total. The summed E-state index contributed by atoms with van der Waals surface area (Å²) in [5.41, 5.74) is 0. The highest BCUT2D eigenvalue weighted by atomic mass is 15.0. The zero-order valence-corrected chi connectivity index (χ0v) is 7.55. The first-order chi connectivity index (χ1) is 5.93.